The first kappa shape index (κ1) is 12.8. The molecule has 17 heavy (non-hydrogen) atoms. The highest BCUT2D eigenvalue weighted by Crippen LogP contribution is 2.38. The minimum Gasteiger partial charge on any atom is -0.393 e. The van der Waals surface area contributed by atoms with Crippen LogP contribution in [0.3, 0.4) is 0 Å². The Bertz CT molecular complexity index is 380. The Hall–Kier alpha value is -0.680. The van der Waals surface area contributed by atoms with E-state index in [1.165, 1.54) is 12.8 Å². The number of aliphatic hydroxyl groups excluding tert-OH is 1. The number of anilines is 1. The van der Waals surface area contributed by atoms with Crippen molar-refractivity contribution in [2.75, 3.05) is 11.9 Å². The van der Waals surface area contributed by atoms with E-state index >= 15 is 0 Å². The Balaban J connectivity index is 1.87. The second-order valence-corrected chi connectivity index (χ2v) is 5.44. The van der Waals surface area contributed by atoms with Gasteiger partial charge in [0.1, 0.15) is 16.2 Å². The Kier molecular flexibility index (Phi) is 4.34. The van der Waals surface area contributed by atoms with E-state index in [1.54, 1.807) is 0 Å². The van der Waals surface area contributed by atoms with Crippen LogP contribution < -0.4 is 5.32 Å². The minimum absolute atomic E-state index is 0.226. The number of nitrogens with zero attached hydrogens (tertiary/aromatic N) is 2. The molecule has 1 aliphatic rings. The van der Waals surface area contributed by atoms with E-state index in [2.05, 4.69) is 31.2 Å². The van der Waals surface area contributed by atoms with Gasteiger partial charge in [-0.2, -0.15) is 0 Å². The van der Waals surface area contributed by atoms with Crippen molar-refractivity contribution in [3.05, 3.63) is 16.5 Å². The molecule has 0 saturated heterocycles. The Morgan fingerprint density at radius 3 is 2.94 bits per heavy atom. The summed E-state index contributed by atoms with van der Waals surface area (Å²) >= 11 is 3.41. The smallest absolute Gasteiger partial charge is 0.135 e. The zero-order chi connectivity index (χ0) is 12.3. The molecular formula is C12H18BrN3O. The van der Waals surface area contributed by atoms with E-state index in [1.807, 2.05) is 13.0 Å². The number of hydrogen-bond acceptors (Lipinski definition) is 4. The normalized spacial score (nSPS) is 16.9. The molecule has 0 bridgehead atoms. The van der Waals surface area contributed by atoms with Crippen LogP contribution in [-0.4, -0.2) is 27.7 Å². The fourth-order valence-corrected chi connectivity index (χ4v) is 2.06. The van der Waals surface area contributed by atoms with Gasteiger partial charge in [-0.05, 0) is 48.5 Å². The number of aliphatic hydroxyl groups is 1. The summed E-state index contributed by atoms with van der Waals surface area (Å²) in [5.41, 5.74) is 0. The fourth-order valence-electron chi connectivity index (χ4n) is 1.66. The van der Waals surface area contributed by atoms with Crippen molar-refractivity contribution >= 4 is 21.7 Å². The largest absolute Gasteiger partial charge is 0.393 e. The van der Waals surface area contributed by atoms with Gasteiger partial charge in [0.15, 0.2) is 0 Å². The maximum atomic E-state index is 9.16. The number of halogens is 1. The van der Waals surface area contributed by atoms with Crippen molar-refractivity contribution in [3.8, 4) is 0 Å². The molecule has 2 N–H and O–H groups in total. The van der Waals surface area contributed by atoms with Gasteiger partial charge in [-0.3, -0.25) is 0 Å². The molecule has 0 spiro atoms. The van der Waals surface area contributed by atoms with E-state index in [4.69, 9.17) is 5.11 Å². The molecule has 2 rings (SSSR count). The molecule has 0 aromatic carbocycles. The van der Waals surface area contributed by atoms with Gasteiger partial charge < -0.3 is 10.4 Å². The summed E-state index contributed by atoms with van der Waals surface area (Å²) in [7, 11) is 0. The SMILES string of the molecule is CC(O)CCCNc1cc(Br)nc(C2CC2)n1. The van der Waals surface area contributed by atoms with E-state index < -0.39 is 0 Å². The lowest BCUT2D eigenvalue weighted by Crippen LogP contribution is -2.08. The second-order valence-electron chi connectivity index (χ2n) is 4.63. The molecule has 0 amide bonds. The van der Waals surface area contributed by atoms with Crippen molar-refractivity contribution < 1.29 is 5.11 Å². The Morgan fingerprint density at radius 2 is 2.29 bits per heavy atom. The van der Waals surface area contributed by atoms with Crippen molar-refractivity contribution in [1.29, 1.82) is 0 Å². The average molecular weight is 300 g/mol. The molecule has 1 saturated carbocycles. The van der Waals surface area contributed by atoms with Gasteiger partial charge in [0.05, 0.1) is 6.10 Å². The summed E-state index contributed by atoms with van der Waals surface area (Å²) < 4.78 is 0.840. The van der Waals surface area contributed by atoms with Crippen LogP contribution in [0.25, 0.3) is 0 Å². The first-order valence-corrected chi connectivity index (χ1v) is 6.91. The van der Waals surface area contributed by atoms with Crippen molar-refractivity contribution in [2.24, 2.45) is 0 Å². The highest BCUT2D eigenvalue weighted by atomic mass is 79.9. The van der Waals surface area contributed by atoms with Crippen molar-refractivity contribution in [2.45, 2.75) is 44.6 Å². The molecule has 1 atom stereocenters. The third kappa shape index (κ3) is 4.24. The zero-order valence-corrected chi connectivity index (χ0v) is 11.6. The summed E-state index contributed by atoms with van der Waals surface area (Å²) in [6.07, 6.45) is 3.94. The molecule has 0 radical (unpaired) electrons. The van der Waals surface area contributed by atoms with Gasteiger partial charge in [-0.15, -0.1) is 0 Å². The lowest BCUT2D eigenvalue weighted by atomic mass is 10.2. The number of hydrogen-bond donors (Lipinski definition) is 2. The van der Waals surface area contributed by atoms with Gasteiger partial charge in [-0.25, -0.2) is 9.97 Å². The molecule has 1 aromatic heterocycles. The number of nitrogens with one attached hydrogen (secondary N) is 1. The van der Waals surface area contributed by atoms with Crippen LogP contribution in [0.5, 0.6) is 0 Å². The fraction of sp³-hybridized carbons (Fsp3) is 0.667. The highest BCUT2D eigenvalue weighted by molar-refractivity contribution is 9.10. The molecule has 5 heteroatoms. The van der Waals surface area contributed by atoms with Crippen LogP contribution in [0.2, 0.25) is 0 Å². The third-order valence-electron chi connectivity index (χ3n) is 2.76. The predicted molar refractivity (Wildman–Crippen MR) is 71.1 cm³/mol. The molecule has 1 unspecified atom stereocenters. The van der Waals surface area contributed by atoms with Gasteiger partial charge >= 0.3 is 0 Å². The van der Waals surface area contributed by atoms with Gasteiger partial charge in [0.25, 0.3) is 0 Å². The average Bonchev–Trinajstić information content (AvgIpc) is 3.07. The molecule has 1 fully saturated rings. The van der Waals surface area contributed by atoms with E-state index in [0.29, 0.717) is 5.92 Å². The Labute approximate surface area is 110 Å². The van der Waals surface area contributed by atoms with Crippen LogP contribution in [0.15, 0.2) is 10.7 Å². The molecule has 1 heterocycles. The van der Waals surface area contributed by atoms with Gasteiger partial charge in [-0.1, -0.05) is 0 Å². The maximum absolute atomic E-state index is 9.16. The van der Waals surface area contributed by atoms with Crippen LogP contribution in [0, 0.1) is 0 Å². The van der Waals surface area contributed by atoms with E-state index in [0.717, 1.165) is 35.6 Å². The van der Waals surface area contributed by atoms with Gasteiger partial charge in [0, 0.05) is 18.5 Å². The monoisotopic (exact) mass is 299 g/mol. The predicted octanol–water partition coefficient (Wildman–Crippen LogP) is 2.69. The number of rotatable bonds is 6. The van der Waals surface area contributed by atoms with Crippen LogP contribution >= 0.6 is 15.9 Å². The summed E-state index contributed by atoms with van der Waals surface area (Å²) in [4.78, 5) is 8.88. The standard InChI is InChI=1S/C12H18BrN3O/c1-8(17)3-2-6-14-11-7-10(13)15-12(16-11)9-4-5-9/h7-9,17H,2-6H2,1H3,(H,14,15,16). The molecule has 0 aliphatic heterocycles. The summed E-state index contributed by atoms with van der Waals surface area (Å²) in [6, 6.07) is 1.90. The summed E-state index contributed by atoms with van der Waals surface area (Å²) in [5.74, 6) is 2.38. The highest BCUT2D eigenvalue weighted by Gasteiger charge is 2.27. The second kappa shape index (κ2) is 5.78. The van der Waals surface area contributed by atoms with E-state index in [9.17, 15) is 0 Å². The first-order valence-electron chi connectivity index (χ1n) is 6.11. The zero-order valence-electron chi connectivity index (χ0n) is 9.99. The number of aromatic nitrogens is 2. The lowest BCUT2D eigenvalue weighted by molar-refractivity contribution is 0.183. The molecule has 4 nitrogen and oxygen atoms in total. The van der Waals surface area contributed by atoms with Crippen LogP contribution in [-0.2, 0) is 0 Å². The van der Waals surface area contributed by atoms with Crippen molar-refractivity contribution in [1.82, 2.24) is 9.97 Å². The summed E-state index contributed by atoms with van der Waals surface area (Å²) in [6.45, 7) is 2.64. The van der Waals surface area contributed by atoms with Crippen LogP contribution in [0.1, 0.15) is 44.3 Å². The molecule has 94 valence electrons. The van der Waals surface area contributed by atoms with E-state index in [-0.39, 0.29) is 6.10 Å². The lowest BCUT2D eigenvalue weighted by Gasteiger charge is -2.08. The molecule has 1 aromatic rings. The van der Waals surface area contributed by atoms with Gasteiger partial charge in [0.2, 0.25) is 0 Å². The minimum atomic E-state index is -0.226. The topological polar surface area (TPSA) is 58.0 Å². The first-order chi connectivity index (χ1) is 8.15. The maximum Gasteiger partial charge on any atom is 0.135 e. The quantitative estimate of drug-likeness (QED) is 0.626. The van der Waals surface area contributed by atoms with Crippen LogP contribution in [0.4, 0.5) is 5.82 Å². The molecule has 1 aliphatic carbocycles. The molecular weight excluding hydrogens is 282 g/mol. The van der Waals surface area contributed by atoms with Crippen molar-refractivity contribution in [3.63, 3.8) is 0 Å². The Morgan fingerprint density at radius 1 is 1.53 bits per heavy atom. The third-order valence-corrected chi connectivity index (χ3v) is 3.17. The summed E-state index contributed by atoms with van der Waals surface area (Å²) in [5, 5.41) is 12.4.